The van der Waals surface area contributed by atoms with Crippen molar-refractivity contribution < 1.29 is 0 Å². The van der Waals surface area contributed by atoms with Crippen LogP contribution in [0.25, 0.3) is 5.69 Å². The van der Waals surface area contributed by atoms with Crippen molar-refractivity contribution in [2.75, 3.05) is 5.32 Å². The third-order valence-electron chi connectivity index (χ3n) is 2.17. The van der Waals surface area contributed by atoms with Crippen molar-refractivity contribution in [1.29, 1.82) is 0 Å². The predicted molar refractivity (Wildman–Crippen MR) is 51.0 cm³/mol. The number of aromatic nitrogens is 1. The first-order valence-electron chi connectivity index (χ1n) is 3.93. The molecule has 0 unspecified atom stereocenters. The van der Waals surface area contributed by atoms with Crippen molar-refractivity contribution in [3.05, 3.63) is 35.5 Å². The molecule has 0 saturated carbocycles. The molecule has 0 aliphatic carbocycles. The van der Waals surface area contributed by atoms with Gasteiger partial charge in [-0.1, -0.05) is 0 Å². The second kappa shape index (κ2) is 2.14. The normalized spacial score (nSPS) is 13.3. The Labute approximate surface area is 74.5 Å². The van der Waals surface area contributed by atoms with E-state index in [0.717, 1.165) is 6.54 Å². The van der Waals surface area contributed by atoms with E-state index >= 15 is 0 Å². The zero-order chi connectivity index (χ0) is 7.97. The summed E-state index contributed by atoms with van der Waals surface area (Å²) >= 11 is 1.76. The molecule has 0 fully saturated rings. The second-order valence-corrected chi connectivity index (χ2v) is 3.77. The van der Waals surface area contributed by atoms with Crippen molar-refractivity contribution in [3.63, 3.8) is 0 Å². The molecule has 0 radical (unpaired) electrons. The molecule has 2 aromatic heterocycles. The average molecular weight is 176 g/mol. The number of nitrogens with one attached hydrogen (secondary N) is 1. The Hall–Kier alpha value is -1.22. The minimum absolute atomic E-state index is 0.945. The Morgan fingerprint density at radius 2 is 2.42 bits per heavy atom. The van der Waals surface area contributed by atoms with Crippen molar-refractivity contribution in [1.82, 2.24) is 4.57 Å². The molecule has 0 amide bonds. The summed E-state index contributed by atoms with van der Waals surface area (Å²) in [6.45, 7) is 0.945. The summed E-state index contributed by atoms with van der Waals surface area (Å²) in [6, 6.07) is 6.38. The van der Waals surface area contributed by atoms with E-state index in [4.69, 9.17) is 0 Å². The molecule has 2 aromatic rings. The van der Waals surface area contributed by atoms with Crippen molar-refractivity contribution in [2.45, 2.75) is 6.54 Å². The van der Waals surface area contributed by atoms with E-state index < -0.39 is 0 Å². The van der Waals surface area contributed by atoms with Gasteiger partial charge in [-0.2, -0.15) is 0 Å². The molecule has 1 aliphatic heterocycles. The molecule has 60 valence electrons. The molecule has 0 spiro atoms. The highest BCUT2D eigenvalue weighted by Gasteiger charge is 2.13. The van der Waals surface area contributed by atoms with Crippen molar-refractivity contribution in [3.8, 4) is 5.69 Å². The fourth-order valence-corrected chi connectivity index (χ4v) is 2.37. The molecule has 3 rings (SSSR count). The van der Waals surface area contributed by atoms with Crippen LogP contribution in [0.1, 0.15) is 5.69 Å². The zero-order valence-corrected chi connectivity index (χ0v) is 7.27. The lowest BCUT2D eigenvalue weighted by Gasteiger charge is -2.17. The molecule has 1 aliphatic rings. The van der Waals surface area contributed by atoms with E-state index in [-0.39, 0.29) is 0 Å². The molecule has 0 atom stereocenters. The van der Waals surface area contributed by atoms with Crippen LogP contribution in [0.15, 0.2) is 29.8 Å². The van der Waals surface area contributed by atoms with E-state index in [0.29, 0.717) is 0 Å². The fraction of sp³-hybridized carbons (Fsp3) is 0.111. The molecule has 0 aromatic carbocycles. The van der Waals surface area contributed by atoms with Crippen molar-refractivity contribution in [2.24, 2.45) is 0 Å². The van der Waals surface area contributed by atoms with E-state index in [1.165, 1.54) is 16.4 Å². The highest BCUT2D eigenvalue weighted by molar-refractivity contribution is 7.14. The summed E-state index contributed by atoms with van der Waals surface area (Å²) in [5.41, 5.74) is 2.62. The van der Waals surface area contributed by atoms with E-state index in [2.05, 4.69) is 39.7 Å². The SMILES string of the molecule is c1cc2n(c1)-c1ccsc1NC2. The standard InChI is InChI=1S/C9H8N2S/c1-2-7-6-10-9-8(3-5-12-9)11(7)4-1/h1-5,10H,6H2. The minimum Gasteiger partial charge on any atom is -0.370 e. The maximum Gasteiger partial charge on any atom is 0.113 e. The second-order valence-electron chi connectivity index (χ2n) is 2.86. The van der Waals surface area contributed by atoms with Crippen LogP contribution < -0.4 is 5.32 Å². The number of hydrogen-bond acceptors (Lipinski definition) is 2. The van der Waals surface area contributed by atoms with Gasteiger partial charge in [-0.15, -0.1) is 11.3 Å². The number of anilines is 1. The van der Waals surface area contributed by atoms with Crippen LogP contribution in [-0.2, 0) is 6.54 Å². The number of nitrogens with zero attached hydrogens (tertiary/aromatic N) is 1. The van der Waals surface area contributed by atoms with Crippen LogP contribution in [0.3, 0.4) is 0 Å². The molecular formula is C9H8N2S. The van der Waals surface area contributed by atoms with Gasteiger partial charge in [0.25, 0.3) is 0 Å². The Kier molecular flexibility index (Phi) is 1.12. The Balaban J connectivity index is 2.32. The third kappa shape index (κ3) is 0.689. The maximum atomic E-state index is 3.38. The number of fused-ring (bicyclic) bond motifs is 3. The maximum absolute atomic E-state index is 3.38. The third-order valence-corrected chi connectivity index (χ3v) is 3.03. The Bertz CT molecular complexity index is 373. The molecule has 0 bridgehead atoms. The molecule has 3 heteroatoms. The summed E-state index contributed by atoms with van der Waals surface area (Å²) in [7, 11) is 0. The summed E-state index contributed by atoms with van der Waals surface area (Å²) in [5.74, 6) is 0. The van der Waals surface area contributed by atoms with Crippen LogP contribution >= 0.6 is 11.3 Å². The van der Waals surface area contributed by atoms with Gasteiger partial charge >= 0.3 is 0 Å². The number of hydrogen-bond donors (Lipinski definition) is 1. The fourth-order valence-electron chi connectivity index (χ4n) is 1.59. The topological polar surface area (TPSA) is 17.0 Å². The van der Waals surface area contributed by atoms with Crippen LogP contribution in [0.2, 0.25) is 0 Å². The lowest BCUT2D eigenvalue weighted by atomic mass is 10.3. The van der Waals surface area contributed by atoms with Gasteiger partial charge in [0.1, 0.15) is 5.00 Å². The van der Waals surface area contributed by atoms with Crippen LogP contribution in [0, 0.1) is 0 Å². The summed E-state index contributed by atoms with van der Waals surface area (Å²) in [6.07, 6.45) is 2.11. The van der Waals surface area contributed by atoms with E-state index in [1.54, 1.807) is 11.3 Å². The monoisotopic (exact) mass is 176 g/mol. The minimum atomic E-state index is 0.945. The lowest BCUT2D eigenvalue weighted by molar-refractivity contribution is 0.918. The number of thiophene rings is 1. The van der Waals surface area contributed by atoms with Crippen molar-refractivity contribution >= 4 is 16.3 Å². The van der Waals surface area contributed by atoms with Gasteiger partial charge < -0.3 is 9.88 Å². The highest BCUT2D eigenvalue weighted by atomic mass is 32.1. The first kappa shape index (κ1) is 6.31. The zero-order valence-electron chi connectivity index (χ0n) is 6.45. The van der Waals surface area contributed by atoms with Crippen LogP contribution in [-0.4, -0.2) is 4.57 Å². The molecular weight excluding hydrogens is 168 g/mol. The summed E-state index contributed by atoms with van der Waals surface area (Å²) in [4.78, 5) is 0. The van der Waals surface area contributed by atoms with Crippen LogP contribution in [0.5, 0.6) is 0 Å². The van der Waals surface area contributed by atoms with Gasteiger partial charge in [-0.05, 0) is 23.6 Å². The van der Waals surface area contributed by atoms with E-state index in [1.807, 2.05) is 0 Å². The van der Waals surface area contributed by atoms with Gasteiger partial charge in [0.05, 0.1) is 12.2 Å². The number of rotatable bonds is 0. The lowest BCUT2D eigenvalue weighted by Crippen LogP contribution is -2.11. The smallest absolute Gasteiger partial charge is 0.113 e. The first-order valence-corrected chi connectivity index (χ1v) is 4.81. The molecule has 1 N–H and O–H groups in total. The molecule has 0 saturated heterocycles. The summed E-state index contributed by atoms with van der Waals surface area (Å²) < 4.78 is 2.24. The van der Waals surface area contributed by atoms with Gasteiger partial charge in [-0.25, -0.2) is 0 Å². The Morgan fingerprint density at radius 1 is 1.42 bits per heavy atom. The predicted octanol–water partition coefficient (Wildman–Crippen LogP) is 2.46. The first-order chi connectivity index (χ1) is 5.95. The van der Waals surface area contributed by atoms with Gasteiger partial charge in [0, 0.05) is 11.9 Å². The van der Waals surface area contributed by atoms with Crippen LogP contribution in [0.4, 0.5) is 5.00 Å². The van der Waals surface area contributed by atoms with E-state index in [9.17, 15) is 0 Å². The summed E-state index contributed by atoms with van der Waals surface area (Å²) in [5, 5.41) is 6.78. The molecule has 12 heavy (non-hydrogen) atoms. The molecule has 3 heterocycles. The quantitative estimate of drug-likeness (QED) is 0.652. The van der Waals surface area contributed by atoms with Gasteiger partial charge in [0.15, 0.2) is 0 Å². The largest absolute Gasteiger partial charge is 0.370 e. The highest BCUT2D eigenvalue weighted by Crippen LogP contribution is 2.32. The molecule has 2 nitrogen and oxygen atoms in total. The van der Waals surface area contributed by atoms with Gasteiger partial charge in [0.2, 0.25) is 0 Å². The average Bonchev–Trinajstić information content (AvgIpc) is 2.71. The Morgan fingerprint density at radius 3 is 3.42 bits per heavy atom. The van der Waals surface area contributed by atoms with Gasteiger partial charge in [-0.3, -0.25) is 0 Å².